The summed E-state index contributed by atoms with van der Waals surface area (Å²) < 4.78 is 0. The van der Waals surface area contributed by atoms with Gasteiger partial charge in [0.15, 0.2) is 0 Å². The molecule has 0 bridgehead atoms. The van der Waals surface area contributed by atoms with Gasteiger partial charge in [-0.15, -0.1) is 12.4 Å². The third kappa shape index (κ3) is 5.23. The summed E-state index contributed by atoms with van der Waals surface area (Å²) in [4.78, 5) is 14.8. The second-order valence-corrected chi connectivity index (χ2v) is 5.25. The first-order chi connectivity index (χ1) is 9.70. The van der Waals surface area contributed by atoms with Crippen molar-refractivity contribution in [3.8, 4) is 0 Å². The van der Waals surface area contributed by atoms with Crippen LogP contribution in [-0.4, -0.2) is 31.0 Å². The molecule has 0 radical (unpaired) electrons. The lowest BCUT2D eigenvalue weighted by Crippen LogP contribution is -2.26. The smallest absolute Gasteiger partial charge is 0.220 e. The van der Waals surface area contributed by atoms with Crippen molar-refractivity contribution in [1.82, 2.24) is 15.6 Å². The minimum Gasteiger partial charge on any atom is -0.361 e. The molecule has 1 aromatic heterocycles. The number of carbonyl (C=O) groups excluding carboxylic acids is 1. The Bertz CT molecular complexity index is 583. The summed E-state index contributed by atoms with van der Waals surface area (Å²) in [5.41, 5.74) is 2.25. The maximum atomic E-state index is 11.6. The highest BCUT2D eigenvalue weighted by molar-refractivity contribution is 6.31. The molecule has 3 N–H and O–H groups in total. The van der Waals surface area contributed by atoms with E-state index < -0.39 is 0 Å². The van der Waals surface area contributed by atoms with Crippen molar-refractivity contribution < 1.29 is 4.79 Å². The van der Waals surface area contributed by atoms with Crippen molar-refractivity contribution in [2.45, 2.75) is 19.3 Å². The lowest BCUT2D eigenvalue weighted by molar-refractivity contribution is -0.121. The van der Waals surface area contributed by atoms with Crippen LogP contribution in [0.4, 0.5) is 0 Å². The highest BCUT2D eigenvalue weighted by Gasteiger charge is 2.05. The minimum absolute atomic E-state index is 0. The predicted octanol–water partition coefficient (Wildman–Crippen LogP) is 2.90. The summed E-state index contributed by atoms with van der Waals surface area (Å²) in [5, 5.41) is 7.83. The second-order valence-electron chi connectivity index (χ2n) is 4.81. The zero-order valence-electron chi connectivity index (χ0n) is 12.0. The number of H-pyrrole nitrogens is 1. The van der Waals surface area contributed by atoms with Gasteiger partial charge in [0, 0.05) is 35.1 Å². The summed E-state index contributed by atoms with van der Waals surface area (Å²) in [7, 11) is 1.89. The van der Waals surface area contributed by atoms with Gasteiger partial charge in [-0.1, -0.05) is 11.6 Å². The fourth-order valence-corrected chi connectivity index (χ4v) is 2.38. The average Bonchev–Trinajstić information content (AvgIpc) is 2.82. The van der Waals surface area contributed by atoms with E-state index in [9.17, 15) is 4.79 Å². The molecule has 2 rings (SSSR count). The molecule has 0 aliphatic carbocycles. The molecule has 0 spiro atoms. The van der Waals surface area contributed by atoms with Gasteiger partial charge in [0.2, 0.25) is 5.91 Å². The molecule has 1 aromatic carbocycles. The zero-order valence-corrected chi connectivity index (χ0v) is 13.6. The normalized spacial score (nSPS) is 10.4. The average molecular weight is 330 g/mol. The minimum atomic E-state index is 0. The van der Waals surface area contributed by atoms with Crippen molar-refractivity contribution in [2.24, 2.45) is 0 Å². The van der Waals surface area contributed by atoms with Crippen LogP contribution in [0.2, 0.25) is 5.02 Å². The molecule has 6 heteroatoms. The summed E-state index contributed by atoms with van der Waals surface area (Å²) in [6.45, 7) is 1.52. The van der Waals surface area contributed by atoms with E-state index in [1.165, 1.54) is 5.56 Å². The van der Waals surface area contributed by atoms with Crippen LogP contribution in [0.1, 0.15) is 18.4 Å². The first-order valence-corrected chi connectivity index (χ1v) is 7.25. The van der Waals surface area contributed by atoms with E-state index >= 15 is 0 Å². The Morgan fingerprint density at radius 3 is 2.90 bits per heavy atom. The standard InChI is InChI=1S/C15H20ClN3O.ClH/c1-17-7-2-3-15(20)18-8-6-11-10-19-14-5-4-12(16)9-13(11)14;/h4-5,9-10,17,19H,2-3,6-8H2,1H3,(H,18,20);1H. The molecule has 2 aromatic rings. The van der Waals surface area contributed by atoms with Crippen molar-refractivity contribution in [3.05, 3.63) is 35.0 Å². The second kappa shape index (κ2) is 8.93. The summed E-state index contributed by atoms with van der Waals surface area (Å²) >= 11 is 6.01. The summed E-state index contributed by atoms with van der Waals surface area (Å²) in [6.07, 6.45) is 4.22. The first-order valence-electron chi connectivity index (χ1n) is 6.87. The number of aromatic amines is 1. The first kappa shape index (κ1) is 17.8. The van der Waals surface area contributed by atoms with Crippen LogP contribution in [0, 0.1) is 0 Å². The number of amides is 1. The molecular weight excluding hydrogens is 309 g/mol. The fraction of sp³-hybridized carbons (Fsp3) is 0.400. The Hall–Kier alpha value is -1.23. The molecule has 0 aliphatic heterocycles. The van der Waals surface area contributed by atoms with Gasteiger partial charge in [0.1, 0.15) is 0 Å². The number of carbonyl (C=O) groups is 1. The number of nitrogens with one attached hydrogen (secondary N) is 3. The van der Waals surface area contributed by atoms with Gasteiger partial charge in [-0.25, -0.2) is 0 Å². The Balaban J connectivity index is 0.00000220. The van der Waals surface area contributed by atoms with E-state index in [4.69, 9.17) is 11.6 Å². The summed E-state index contributed by atoms with van der Waals surface area (Å²) in [6, 6.07) is 5.79. The molecule has 116 valence electrons. The van der Waals surface area contributed by atoms with E-state index in [0.717, 1.165) is 35.3 Å². The lowest BCUT2D eigenvalue weighted by atomic mass is 10.1. The van der Waals surface area contributed by atoms with Crippen molar-refractivity contribution in [1.29, 1.82) is 0 Å². The number of hydrogen-bond donors (Lipinski definition) is 3. The highest BCUT2D eigenvalue weighted by Crippen LogP contribution is 2.22. The maximum absolute atomic E-state index is 11.6. The van der Waals surface area contributed by atoms with Crippen molar-refractivity contribution >= 4 is 40.8 Å². The Morgan fingerprint density at radius 2 is 2.14 bits per heavy atom. The van der Waals surface area contributed by atoms with Crippen LogP contribution in [0.15, 0.2) is 24.4 Å². The van der Waals surface area contributed by atoms with Crippen LogP contribution in [0.5, 0.6) is 0 Å². The van der Waals surface area contributed by atoms with Crippen LogP contribution in [0.25, 0.3) is 10.9 Å². The number of benzene rings is 1. The molecule has 0 unspecified atom stereocenters. The third-order valence-corrected chi connectivity index (χ3v) is 3.51. The number of rotatable bonds is 7. The Morgan fingerprint density at radius 1 is 1.33 bits per heavy atom. The molecule has 1 heterocycles. The van der Waals surface area contributed by atoms with Gasteiger partial charge in [-0.3, -0.25) is 4.79 Å². The van der Waals surface area contributed by atoms with Gasteiger partial charge < -0.3 is 15.6 Å². The molecule has 1 amide bonds. The lowest BCUT2D eigenvalue weighted by Gasteiger charge is -2.05. The molecule has 21 heavy (non-hydrogen) atoms. The number of aromatic nitrogens is 1. The Kier molecular flexibility index (Phi) is 7.57. The molecule has 0 fully saturated rings. The summed E-state index contributed by atoms with van der Waals surface area (Å²) in [5.74, 6) is 0.109. The van der Waals surface area contributed by atoms with Crippen LogP contribution in [-0.2, 0) is 11.2 Å². The predicted molar refractivity (Wildman–Crippen MR) is 90.4 cm³/mol. The van der Waals surface area contributed by atoms with Gasteiger partial charge in [-0.2, -0.15) is 0 Å². The molecule has 0 aliphatic rings. The SMILES string of the molecule is CNCCCC(=O)NCCc1c[nH]c2ccc(Cl)cc12.Cl. The largest absolute Gasteiger partial charge is 0.361 e. The fourth-order valence-electron chi connectivity index (χ4n) is 2.21. The number of halogens is 2. The van der Waals surface area contributed by atoms with Crippen LogP contribution in [0.3, 0.4) is 0 Å². The molecule has 4 nitrogen and oxygen atoms in total. The van der Waals surface area contributed by atoms with E-state index in [1.807, 2.05) is 31.4 Å². The molecule has 0 saturated heterocycles. The third-order valence-electron chi connectivity index (χ3n) is 3.28. The van der Waals surface area contributed by atoms with Gasteiger partial charge in [-0.05, 0) is 50.2 Å². The van der Waals surface area contributed by atoms with Crippen LogP contribution >= 0.6 is 24.0 Å². The van der Waals surface area contributed by atoms with E-state index in [1.54, 1.807) is 0 Å². The van der Waals surface area contributed by atoms with Gasteiger partial charge in [0.25, 0.3) is 0 Å². The van der Waals surface area contributed by atoms with Gasteiger partial charge >= 0.3 is 0 Å². The molecule has 0 atom stereocenters. The maximum Gasteiger partial charge on any atom is 0.220 e. The molecular formula is C15H21Cl2N3O. The highest BCUT2D eigenvalue weighted by atomic mass is 35.5. The Labute approximate surface area is 136 Å². The number of hydrogen-bond acceptors (Lipinski definition) is 2. The van der Waals surface area contributed by atoms with E-state index in [2.05, 4.69) is 15.6 Å². The topological polar surface area (TPSA) is 56.9 Å². The van der Waals surface area contributed by atoms with E-state index in [-0.39, 0.29) is 18.3 Å². The van der Waals surface area contributed by atoms with Gasteiger partial charge in [0.05, 0.1) is 0 Å². The van der Waals surface area contributed by atoms with Crippen molar-refractivity contribution in [2.75, 3.05) is 20.1 Å². The monoisotopic (exact) mass is 329 g/mol. The molecule has 0 saturated carbocycles. The quantitative estimate of drug-likeness (QED) is 0.684. The van der Waals surface area contributed by atoms with Crippen molar-refractivity contribution in [3.63, 3.8) is 0 Å². The number of fused-ring (bicyclic) bond motifs is 1. The van der Waals surface area contributed by atoms with E-state index in [0.29, 0.717) is 13.0 Å². The zero-order chi connectivity index (χ0) is 14.4. The van der Waals surface area contributed by atoms with Crippen LogP contribution < -0.4 is 10.6 Å².